The Balaban J connectivity index is 1.93. The number of aromatic hydroxyl groups is 1. The van der Waals surface area contributed by atoms with Crippen LogP contribution in [-0.4, -0.2) is 11.0 Å². The fourth-order valence-electron chi connectivity index (χ4n) is 2.93. The number of para-hydroxylation sites is 1. The number of phenols is 1. The normalized spacial score (nSPS) is 11.6. The minimum Gasteiger partial charge on any atom is -0.506 e. The Morgan fingerprint density at radius 1 is 1.07 bits per heavy atom. The number of hydrogen-bond acceptors (Lipinski definition) is 3. The number of amides is 1. The average Bonchev–Trinajstić information content (AvgIpc) is 2.69. The van der Waals surface area contributed by atoms with Crippen LogP contribution >= 0.6 is 34.8 Å². The molecular formula is C22H15Cl3N2O2. The van der Waals surface area contributed by atoms with Crippen molar-refractivity contribution in [1.29, 1.82) is 5.26 Å². The van der Waals surface area contributed by atoms with Gasteiger partial charge in [-0.1, -0.05) is 59.1 Å². The van der Waals surface area contributed by atoms with Crippen molar-refractivity contribution in [2.75, 3.05) is 5.32 Å². The molecule has 0 bridgehead atoms. The van der Waals surface area contributed by atoms with Crippen LogP contribution in [0.5, 0.6) is 5.75 Å². The molecule has 29 heavy (non-hydrogen) atoms. The molecule has 0 aromatic heterocycles. The third kappa shape index (κ3) is 4.49. The molecule has 0 aliphatic carbocycles. The van der Waals surface area contributed by atoms with Crippen LogP contribution in [0.2, 0.25) is 15.1 Å². The molecule has 0 saturated heterocycles. The van der Waals surface area contributed by atoms with Gasteiger partial charge in [-0.2, -0.15) is 5.26 Å². The van der Waals surface area contributed by atoms with E-state index in [0.717, 1.165) is 5.56 Å². The summed E-state index contributed by atoms with van der Waals surface area (Å²) in [6.07, 6.45) is 0. The topological polar surface area (TPSA) is 73.1 Å². The Morgan fingerprint density at radius 3 is 2.41 bits per heavy atom. The van der Waals surface area contributed by atoms with Gasteiger partial charge >= 0.3 is 0 Å². The zero-order chi connectivity index (χ0) is 21.1. The van der Waals surface area contributed by atoms with E-state index in [1.807, 2.05) is 0 Å². The van der Waals surface area contributed by atoms with Crippen molar-refractivity contribution in [2.24, 2.45) is 0 Å². The first-order valence-electron chi connectivity index (χ1n) is 8.55. The van der Waals surface area contributed by atoms with E-state index in [9.17, 15) is 15.2 Å². The summed E-state index contributed by atoms with van der Waals surface area (Å²) in [5.74, 6) is -1.40. The maximum Gasteiger partial charge on any atom is 0.259 e. The standard InChI is InChI=1S/C22H15Cl3N2O2/c1-12-9-16(17(11-26)13-5-7-14(23)8-6-13)19(25)10-20(12)27-22(29)15-3-2-4-18(24)21(15)28/h2-10,17,28H,1H3,(H,27,29). The highest BCUT2D eigenvalue weighted by Crippen LogP contribution is 2.35. The maximum atomic E-state index is 12.5. The molecule has 3 aromatic rings. The van der Waals surface area contributed by atoms with Gasteiger partial charge in [-0.3, -0.25) is 4.79 Å². The van der Waals surface area contributed by atoms with Crippen molar-refractivity contribution < 1.29 is 9.90 Å². The summed E-state index contributed by atoms with van der Waals surface area (Å²) in [7, 11) is 0. The molecule has 7 heteroatoms. The molecule has 0 aliphatic heterocycles. The van der Waals surface area contributed by atoms with Crippen LogP contribution in [0.4, 0.5) is 5.69 Å². The molecule has 0 fully saturated rings. The van der Waals surface area contributed by atoms with Gasteiger partial charge in [0.25, 0.3) is 5.91 Å². The molecule has 0 radical (unpaired) electrons. The monoisotopic (exact) mass is 444 g/mol. The van der Waals surface area contributed by atoms with Crippen molar-refractivity contribution >= 4 is 46.4 Å². The van der Waals surface area contributed by atoms with Gasteiger partial charge in [-0.15, -0.1) is 0 Å². The lowest BCUT2D eigenvalue weighted by Gasteiger charge is -2.16. The van der Waals surface area contributed by atoms with Crippen molar-refractivity contribution in [1.82, 2.24) is 0 Å². The first kappa shape index (κ1) is 21.0. The van der Waals surface area contributed by atoms with E-state index in [2.05, 4.69) is 11.4 Å². The summed E-state index contributed by atoms with van der Waals surface area (Å²) in [6.45, 7) is 1.80. The Bertz CT molecular complexity index is 1120. The zero-order valence-corrected chi connectivity index (χ0v) is 17.5. The van der Waals surface area contributed by atoms with Crippen LogP contribution in [0.3, 0.4) is 0 Å². The third-order valence-corrected chi connectivity index (χ3v) is 5.35. The number of phenolic OH excluding ortho intramolecular Hbond substituents is 1. The number of nitrogens with one attached hydrogen (secondary N) is 1. The van der Waals surface area contributed by atoms with E-state index in [1.54, 1.807) is 49.4 Å². The number of nitriles is 1. The van der Waals surface area contributed by atoms with E-state index in [0.29, 0.717) is 26.9 Å². The van der Waals surface area contributed by atoms with E-state index >= 15 is 0 Å². The number of anilines is 1. The first-order valence-corrected chi connectivity index (χ1v) is 9.69. The number of hydrogen-bond donors (Lipinski definition) is 2. The van der Waals surface area contributed by atoms with E-state index in [4.69, 9.17) is 34.8 Å². The molecule has 2 N–H and O–H groups in total. The second-order valence-corrected chi connectivity index (χ2v) is 7.64. The molecule has 146 valence electrons. The van der Waals surface area contributed by atoms with Crippen LogP contribution < -0.4 is 5.32 Å². The summed E-state index contributed by atoms with van der Waals surface area (Å²) < 4.78 is 0. The average molecular weight is 446 g/mol. The van der Waals surface area contributed by atoms with Crippen molar-refractivity contribution in [3.63, 3.8) is 0 Å². The first-order chi connectivity index (χ1) is 13.8. The smallest absolute Gasteiger partial charge is 0.259 e. The molecule has 0 aliphatic rings. The Morgan fingerprint density at radius 2 is 1.76 bits per heavy atom. The van der Waals surface area contributed by atoms with Gasteiger partial charge in [0.15, 0.2) is 0 Å². The number of nitrogens with zero attached hydrogens (tertiary/aromatic N) is 1. The second kappa shape index (κ2) is 8.75. The lowest BCUT2D eigenvalue weighted by molar-refractivity contribution is 0.102. The van der Waals surface area contributed by atoms with Gasteiger partial charge in [0, 0.05) is 15.7 Å². The van der Waals surface area contributed by atoms with Crippen LogP contribution in [0.15, 0.2) is 54.6 Å². The van der Waals surface area contributed by atoms with Crippen molar-refractivity contribution in [3.8, 4) is 11.8 Å². The second-order valence-electron chi connectivity index (χ2n) is 6.39. The van der Waals surface area contributed by atoms with Crippen LogP contribution in [0.25, 0.3) is 0 Å². The number of aryl methyl sites for hydroxylation is 1. The number of rotatable bonds is 4. The minimum atomic E-state index is -0.583. The van der Waals surface area contributed by atoms with Crippen LogP contribution in [0.1, 0.15) is 33.0 Å². The number of benzene rings is 3. The minimum absolute atomic E-state index is 0.0492. The molecule has 1 amide bonds. The van der Waals surface area contributed by atoms with Gasteiger partial charge in [-0.25, -0.2) is 0 Å². The summed E-state index contributed by atoms with van der Waals surface area (Å²) in [5.41, 5.74) is 2.62. The molecule has 1 unspecified atom stereocenters. The quantitative estimate of drug-likeness (QED) is 0.477. The van der Waals surface area contributed by atoms with Gasteiger partial charge < -0.3 is 10.4 Å². The molecule has 4 nitrogen and oxygen atoms in total. The van der Waals surface area contributed by atoms with Crippen LogP contribution in [0, 0.1) is 18.3 Å². The van der Waals surface area contributed by atoms with Gasteiger partial charge in [0.1, 0.15) is 5.75 Å². The highest BCUT2D eigenvalue weighted by molar-refractivity contribution is 6.33. The molecule has 3 aromatic carbocycles. The fourth-order valence-corrected chi connectivity index (χ4v) is 3.50. The van der Waals surface area contributed by atoms with Crippen molar-refractivity contribution in [3.05, 3.63) is 91.9 Å². The lowest BCUT2D eigenvalue weighted by Crippen LogP contribution is -2.13. The Hall–Kier alpha value is -2.71. The van der Waals surface area contributed by atoms with E-state index in [-0.39, 0.29) is 16.3 Å². The van der Waals surface area contributed by atoms with Gasteiger partial charge in [-0.05, 0) is 53.9 Å². The van der Waals surface area contributed by atoms with E-state index in [1.165, 1.54) is 12.1 Å². The lowest BCUT2D eigenvalue weighted by atomic mass is 9.91. The predicted octanol–water partition coefficient (Wildman–Crippen LogP) is 6.57. The number of carbonyl (C=O) groups is 1. The van der Waals surface area contributed by atoms with Gasteiger partial charge in [0.2, 0.25) is 0 Å². The number of carbonyl (C=O) groups excluding carboxylic acids is 1. The molecule has 0 saturated carbocycles. The summed E-state index contributed by atoms with van der Waals surface area (Å²) in [6, 6.07) is 17.1. The molecule has 0 spiro atoms. The molecule has 0 heterocycles. The summed E-state index contributed by atoms with van der Waals surface area (Å²) in [4.78, 5) is 12.5. The van der Waals surface area contributed by atoms with Crippen molar-refractivity contribution in [2.45, 2.75) is 12.8 Å². The summed E-state index contributed by atoms with van der Waals surface area (Å²) in [5, 5.41) is 23.4. The Kier molecular flexibility index (Phi) is 6.34. The highest BCUT2D eigenvalue weighted by Gasteiger charge is 2.20. The third-order valence-electron chi connectivity index (χ3n) is 4.47. The van der Waals surface area contributed by atoms with Crippen LogP contribution in [-0.2, 0) is 0 Å². The zero-order valence-electron chi connectivity index (χ0n) is 15.2. The highest BCUT2D eigenvalue weighted by atomic mass is 35.5. The molecule has 3 rings (SSSR count). The number of halogens is 3. The predicted molar refractivity (Wildman–Crippen MR) is 116 cm³/mol. The van der Waals surface area contributed by atoms with Gasteiger partial charge in [0.05, 0.1) is 22.6 Å². The SMILES string of the molecule is Cc1cc(C(C#N)c2ccc(Cl)cc2)c(Cl)cc1NC(=O)c1cccc(Cl)c1O. The maximum absolute atomic E-state index is 12.5. The fraction of sp³-hybridized carbons (Fsp3) is 0.0909. The molecule has 1 atom stereocenters. The largest absolute Gasteiger partial charge is 0.506 e. The van der Waals surface area contributed by atoms with E-state index < -0.39 is 11.8 Å². The Labute approximate surface area is 183 Å². The molecular weight excluding hydrogens is 431 g/mol. The summed E-state index contributed by atoms with van der Waals surface area (Å²) >= 11 is 18.2.